The van der Waals surface area contributed by atoms with Crippen molar-refractivity contribution in [1.82, 2.24) is 0 Å². The van der Waals surface area contributed by atoms with Crippen molar-refractivity contribution >= 4 is 11.9 Å². The molecule has 0 bridgehead atoms. The first-order valence-electron chi connectivity index (χ1n) is 10.9. The van der Waals surface area contributed by atoms with Crippen LogP contribution >= 0.6 is 0 Å². The predicted octanol–water partition coefficient (Wildman–Crippen LogP) is 2.84. The lowest BCUT2D eigenvalue weighted by molar-refractivity contribution is -0.134. The van der Waals surface area contributed by atoms with Gasteiger partial charge in [0.15, 0.2) is 40.6 Å². The van der Waals surface area contributed by atoms with Crippen LogP contribution in [-0.4, -0.2) is 53.8 Å². The number of esters is 2. The lowest BCUT2D eigenvalue weighted by Crippen LogP contribution is -2.34. The fourth-order valence-corrected chi connectivity index (χ4v) is 3.80. The van der Waals surface area contributed by atoms with Gasteiger partial charge in [-0.3, -0.25) is 4.79 Å². The second kappa shape index (κ2) is 9.57. The van der Waals surface area contributed by atoms with Crippen LogP contribution in [0.4, 0.5) is 0 Å². The SMILES string of the molecule is CCC(=O)Oc1cc(O)c2c(c1)O[C@H](c1cc(O)c(O)c(O)c1)C(OC(=O)c1cc(O)c(O)c(O)c1)C2. The molecule has 0 aliphatic carbocycles. The van der Waals surface area contributed by atoms with Gasteiger partial charge in [0, 0.05) is 36.1 Å². The Kier molecular flexibility index (Phi) is 6.49. The summed E-state index contributed by atoms with van der Waals surface area (Å²) >= 11 is 0. The van der Waals surface area contributed by atoms with Crippen LogP contribution in [0.1, 0.15) is 40.9 Å². The van der Waals surface area contributed by atoms with Crippen molar-refractivity contribution in [2.24, 2.45) is 0 Å². The minimum Gasteiger partial charge on any atom is -0.507 e. The molecular formula is C25H22O12. The zero-order valence-electron chi connectivity index (χ0n) is 19.2. The Labute approximate surface area is 208 Å². The summed E-state index contributed by atoms with van der Waals surface area (Å²) in [6.45, 7) is 1.59. The average Bonchev–Trinajstić information content (AvgIpc) is 2.85. The molecule has 1 heterocycles. The van der Waals surface area contributed by atoms with Crippen molar-refractivity contribution < 1.29 is 59.5 Å². The van der Waals surface area contributed by atoms with Crippen molar-refractivity contribution in [3.63, 3.8) is 0 Å². The summed E-state index contributed by atoms with van der Waals surface area (Å²) in [6.07, 6.45) is -2.51. The molecule has 3 aromatic rings. The Hall–Kier alpha value is -5.00. The molecule has 0 fully saturated rings. The van der Waals surface area contributed by atoms with E-state index in [1.165, 1.54) is 12.1 Å². The number of phenols is 7. The van der Waals surface area contributed by atoms with Gasteiger partial charge >= 0.3 is 11.9 Å². The molecule has 1 aliphatic heterocycles. The van der Waals surface area contributed by atoms with Gasteiger partial charge in [-0.05, 0) is 24.3 Å². The maximum Gasteiger partial charge on any atom is 0.338 e. The molecule has 2 atom stereocenters. The molecule has 12 nitrogen and oxygen atoms in total. The highest BCUT2D eigenvalue weighted by molar-refractivity contribution is 5.91. The Balaban J connectivity index is 1.74. The molecule has 0 saturated carbocycles. The minimum absolute atomic E-state index is 0.0104. The van der Waals surface area contributed by atoms with Gasteiger partial charge in [0.25, 0.3) is 0 Å². The summed E-state index contributed by atoms with van der Waals surface area (Å²) in [5.41, 5.74) is -0.0585. The van der Waals surface area contributed by atoms with E-state index < -0.39 is 58.6 Å². The van der Waals surface area contributed by atoms with Gasteiger partial charge < -0.3 is 50.0 Å². The number of benzene rings is 3. The predicted molar refractivity (Wildman–Crippen MR) is 123 cm³/mol. The Morgan fingerprint density at radius 3 is 1.97 bits per heavy atom. The first-order valence-corrected chi connectivity index (χ1v) is 10.9. The molecule has 0 amide bonds. The highest BCUT2D eigenvalue weighted by Crippen LogP contribution is 2.46. The molecule has 0 radical (unpaired) electrons. The highest BCUT2D eigenvalue weighted by Gasteiger charge is 2.37. The zero-order valence-corrected chi connectivity index (χ0v) is 19.2. The minimum atomic E-state index is -1.22. The molecule has 0 spiro atoms. The average molecular weight is 514 g/mol. The van der Waals surface area contributed by atoms with E-state index >= 15 is 0 Å². The number of rotatable bonds is 5. The number of carbonyl (C=O) groups excluding carboxylic acids is 2. The van der Waals surface area contributed by atoms with Crippen LogP contribution in [0.15, 0.2) is 36.4 Å². The number of ether oxygens (including phenoxy) is 3. The van der Waals surface area contributed by atoms with E-state index in [0.29, 0.717) is 0 Å². The summed E-state index contributed by atoms with van der Waals surface area (Å²) in [5.74, 6) is -6.41. The van der Waals surface area contributed by atoms with Gasteiger partial charge in [-0.25, -0.2) is 4.79 Å². The van der Waals surface area contributed by atoms with Crippen LogP contribution < -0.4 is 9.47 Å². The van der Waals surface area contributed by atoms with E-state index in [1.807, 2.05) is 0 Å². The number of hydrogen-bond donors (Lipinski definition) is 7. The van der Waals surface area contributed by atoms with Crippen molar-refractivity contribution in [2.75, 3.05) is 0 Å². The summed E-state index contributed by atoms with van der Waals surface area (Å²) in [5, 5.41) is 69.3. The largest absolute Gasteiger partial charge is 0.507 e. The first kappa shape index (κ1) is 25.1. The molecule has 12 heteroatoms. The number of phenolic OH excluding ortho intramolecular Hbond substituents is 7. The van der Waals surface area contributed by atoms with Crippen molar-refractivity contribution in [2.45, 2.75) is 32.0 Å². The number of fused-ring (bicyclic) bond motifs is 1. The molecule has 0 saturated heterocycles. The quantitative estimate of drug-likeness (QED) is 0.149. The second-order valence-electron chi connectivity index (χ2n) is 8.20. The third kappa shape index (κ3) is 4.89. The fraction of sp³-hybridized carbons (Fsp3) is 0.200. The molecule has 1 aliphatic rings. The van der Waals surface area contributed by atoms with Gasteiger partial charge in [0.05, 0.1) is 5.56 Å². The van der Waals surface area contributed by atoms with E-state index in [-0.39, 0.29) is 46.8 Å². The normalized spacial score (nSPS) is 16.4. The van der Waals surface area contributed by atoms with Crippen molar-refractivity contribution in [3.8, 4) is 51.7 Å². The maximum atomic E-state index is 12.9. The lowest BCUT2D eigenvalue weighted by Gasteiger charge is -2.34. The Morgan fingerprint density at radius 1 is 0.838 bits per heavy atom. The van der Waals surface area contributed by atoms with Crippen LogP contribution in [0.25, 0.3) is 0 Å². The molecule has 3 aromatic carbocycles. The molecule has 194 valence electrons. The van der Waals surface area contributed by atoms with Crippen LogP contribution in [0.2, 0.25) is 0 Å². The third-order valence-corrected chi connectivity index (χ3v) is 5.66. The van der Waals surface area contributed by atoms with Crippen LogP contribution in [0, 0.1) is 0 Å². The van der Waals surface area contributed by atoms with Crippen molar-refractivity contribution in [3.05, 3.63) is 53.1 Å². The van der Waals surface area contributed by atoms with E-state index in [2.05, 4.69) is 0 Å². The van der Waals surface area contributed by atoms with Crippen LogP contribution in [0.5, 0.6) is 51.7 Å². The Bertz CT molecular complexity index is 1350. The van der Waals surface area contributed by atoms with Crippen molar-refractivity contribution in [1.29, 1.82) is 0 Å². The first-order chi connectivity index (χ1) is 17.5. The van der Waals surface area contributed by atoms with Gasteiger partial charge in [-0.2, -0.15) is 0 Å². The summed E-state index contributed by atoms with van der Waals surface area (Å²) in [4.78, 5) is 24.6. The van der Waals surface area contributed by atoms with Gasteiger partial charge in [0.2, 0.25) is 0 Å². The second-order valence-corrected chi connectivity index (χ2v) is 8.20. The van der Waals surface area contributed by atoms with E-state index in [9.17, 15) is 45.3 Å². The molecule has 37 heavy (non-hydrogen) atoms. The molecule has 0 aromatic heterocycles. The number of aromatic hydroxyl groups is 7. The van der Waals surface area contributed by atoms with E-state index in [0.717, 1.165) is 24.3 Å². The van der Waals surface area contributed by atoms with Crippen LogP contribution in [0.3, 0.4) is 0 Å². The van der Waals surface area contributed by atoms with Gasteiger partial charge in [0.1, 0.15) is 23.4 Å². The Morgan fingerprint density at radius 2 is 1.41 bits per heavy atom. The number of hydrogen-bond acceptors (Lipinski definition) is 12. The zero-order chi connectivity index (χ0) is 27.0. The van der Waals surface area contributed by atoms with E-state index in [1.54, 1.807) is 6.92 Å². The summed E-state index contributed by atoms with van der Waals surface area (Å²) < 4.78 is 16.6. The summed E-state index contributed by atoms with van der Waals surface area (Å²) in [6, 6.07) is 6.41. The molecule has 4 rings (SSSR count). The van der Waals surface area contributed by atoms with E-state index in [4.69, 9.17) is 14.2 Å². The highest BCUT2D eigenvalue weighted by atomic mass is 16.6. The topological polar surface area (TPSA) is 203 Å². The molecule has 1 unspecified atom stereocenters. The van der Waals surface area contributed by atoms with Gasteiger partial charge in [-0.1, -0.05) is 6.92 Å². The monoisotopic (exact) mass is 514 g/mol. The standard InChI is InChI=1S/C25H22O12/c1-2-21(31)35-12-7-14(26)13-9-20(37-25(34)11-5-17(29)23(33)18(30)6-11)24(36-19(13)8-12)10-3-15(27)22(32)16(28)4-10/h3-8,20,24,26-30,32-33H,2,9H2,1H3/t20?,24-/m1/s1. The van der Waals surface area contributed by atoms with Gasteiger partial charge in [-0.15, -0.1) is 0 Å². The maximum absolute atomic E-state index is 12.9. The van der Waals surface area contributed by atoms with Crippen LogP contribution in [-0.2, 0) is 16.0 Å². The smallest absolute Gasteiger partial charge is 0.338 e. The lowest BCUT2D eigenvalue weighted by atomic mass is 9.93. The summed E-state index contributed by atoms with van der Waals surface area (Å²) in [7, 11) is 0. The third-order valence-electron chi connectivity index (χ3n) is 5.66. The fourth-order valence-electron chi connectivity index (χ4n) is 3.80. The molecule has 7 N–H and O–H groups in total. The number of carbonyl (C=O) groups is 2. The molecular weight excluding hydrogens is 492 g/mol.